The highest BCUT2D eigenvalue weighted by atomic mass is 32.2. The van der Waals surface area contributed by atoms with E-state index in [-0.39, 0.29) is 11.7 Å². The van der Waals surface area contributed by atoms with E-state index in [9.17, 15) is 13.2 Å². The van der Waals surface area contributed by atoms with Crippen LogP contribution in [0.4, 0.5) is 0 Å². The van der Waals surface area contributed by atoms with Gasteiger partial charge < -0.3 is 9.88 Å². The van der Waals surface area contributed by atoms with Gasteiger partial charge >= 0.3 is 0 Å². The first-order valence-electron chi connectivity index (χ1n) is 7.50. The molecule has 1 saturated heterocycles. The predicted molar refractivity (Wildman–Crippen MR) is 87.3 cm³/mol. The molecule has 2 heterocycles. The van der Waals surface area contributed by atoms with E-state index in [1.807, 2.05) is 30.3 Å². The van der Waals surface area contributed by atoms with Crippen molar-refractivity contribution in [3.8, 4) is 0 Å². The molecule has 1 N–H and O–H groups in total. The average Bonchev–Trinajstić information content (AvgIpc) is 3.09. The fourth-order valence-electron chi connectivity index (χ4n) is 2.68. The highest BCUT2D eigenvalue weighted by Crippen LogP contribution is 2.15. The van der Waals surface area contributed by atoms with E-state index in [1.54, 1.807) is 23.4 Å². The van der Waals surface area contributed by atoms with Gasteiger partial charge in [-0.2, -0.15) is 4.31 Å². The third kappa shape index (κ3) is 3.62. The fraction of sp³-hybridized carbons (Fsp3) is 0.312. The number of nitrogens with zero attached hydrogens (tertiary/aromatic N) is 2. The van der Waals surface area contributed by atoms with Crippen LogP contribution in [0.1, 0.15) is 15.9 Å². The van der Waals surface area contributed by atoms with Gasteiger partial charge in [0, 0.05) is 38.6 Å². The summed E-state index contributed by atoms with van der Waals surface area (Å²) in [7, 11) is -3.35. The second-order valence-corrected chi connectivity index (χ2v) is 7.50. The number of hydrogen-bond acceptors (Lipinski definition) is 3. The van der Waals surface area contributed by atoms with Gasteiger partial charge in [-0.15, -0.1) is 0 Å². The predicted octanol–water partition coefficient (Wildman–Crippen LogP) is 1.30. The highest BCUT2D eigenvalue weighted by Gasteiger charge is 2.29. The second-order valence-electron chi connectivity index (χ2n) is 5.53. The second kappa shape index (κ2) is 6.55. The van der Waals surface area contributed by atoms with Crippen molar-refractivity contribution in [1.82, 2.24) is 14.2 Å². The van der Waals surface area contributed by atoms with E-state index in [2.05, 4.69) is 4.98 Å². The van der Waals surface area contributed by atoms with Crippen molar-refractivity contribution >= 4 is 15.9 Å². The van der Waals surface area contributed by atoms with E-state index < -0.39 is 10.0 Å². The Morgan fingerprint density at radius 1 is 1.04 bits per heavy atom. The summed E-state index contributed by atoms with van der Waals surface area (Å²) in [6.07, 6.45) is 3.36. The summed E-state index contributed by atoms with van der Waals surface area (Å²) in [6.45, 7) is 1.51. The number of nitrogens with one attached hydrogen (secondary N) is 1. The molecule has 2 aromatic rings. The van der Waals surface area contributed by atoms with Crippen LogP contribution in [0.5, 0.6) is 0 Å². The van der Waals surface area contributed by atoms with Gasteiger partial charge in [0.05, 0.1) is 11.3 Å². The van der Waals surface area contributed by atoms with Gasteiger partial charge in [0.1, 0.15) is 0 Å². The Labute approximate surface area is 135 Å². The molecule has 1 aromatic carbocycles. The van der Waals surface area contributed by atoms with Crippen molar-refractivity contribution in [1.29, 1.82) is 0 Å². The topological polar surface area (TPSA) is 73.5 Å². The summed E-state index contributed by atoms with van der Waals surface area (Å²) in [6, 6.07) is 10.9. The number of aromatic amines is 1. The number of hydrogen-bond donors (Lipinski definition) is 1. The summed E-state index contributed by atoms with van der Waals surface area (Å²) < 4.78 is 26.4. The number of carbonyl (C=O) groups excluding carboxylic acids is 1. The minimum absolute atomic E-state index is 0.000400. The Bertz CT molecular complexity index is 749. The molecule has 23 heavy (non-hydrogen) atoms. The first-order valence-corrected chi connectivity index (χ1v) is 9.11. The van der Waals surface area contributed by atoms with Crippen LogP contribution in [0.15, 0.2) is 48.8 Å². The van der Waals surface area contributed by atoms with Crippen molar-refractivity contribution in [3.05, 3.63) is 59.9 Å². The van der Waals surface area contributed by atoms with Crippen molar-refractivity contribution < 1.29 is 13.2 Å². The first kappa shape index (κ1) is 15.8. The highest BCUT2D eigenvalue weighted by molar-refractivity contribution is 7.88. The van der Waals surface area contributed by atoms with Crippen LogP contribution in [-0.4, -0.2) is 54.7 Å². The number of rotatable bonds is 4. The zero-order valence-electron chi connectivity index (χ0n) is 12.7. The van der Waals surface area contributed by atoms with Crippen LogP contribution in [0.25, 0.3) is 0 Å². The zero-order chi connectivity index (χ0) is 16.3. The molecule has 3 rings (SSSR count). The molecule has 0 aliphatic carbocycles. The molecule has 1 amide bonds. The Kier molecular flexibility index (Phi) is 4.49. The molecular formula is C16H19N3O3S. The van der Waals surface area contributed by atoms with Gasteiger partial charge in [-0.25, -0.2) is 8.42 Å². The standard InChI is InChI=1S/C16H19N3O3S/c20-16(15-6-7-17-12-15)18-8-10-19(11-9-18)23(21,22)13-14-4-2-1-3-5-14/h1-7,12,17H,8-11,13H2. The zero-order valence-corrected chi connectivity index (χ0v) is 13.5. The van der Waals surface area contributed by atoms with Crippen molar-refractivity contribution in [2.24, 2.45) is 0 Å². The molecule has 0 unspecified atom stereocenters. The lowest BCUT2D eigenvalue weighted by Crippen LogP contribution is -2.50. The molecule has 1 aliphatic heterocycles. The largest absolute Gasteiger partial charge is 0.367 e. The lowest BCUT2D eigenvalue weighted by Gasteiger charge is -2.33. The van der Waals surface area contributed by atoms with E-state index in [4.69, 9.17) is 0 Å². The van der Waals surface area contributed by atoms with Crippen LogP contribution < -0.4 is 0 Å². The van der Waals surface area contributed by atoms with Gasteiger partial charge in [-0.05, 0) is 11.6 Å². The summed E-state index contributed by atoms with van der Waals surface area (Å²) in [5.74, 6) is -0.0640. The maximum Gasteiger partial charge on any atom is 0.255 e. The quantitative estimate of drug-likeness (QED) is 0.916. The molecule has 0 saturated carbocycles. The number of benzene rings is 1. The van der Waals surface area contributed by atoms with E-state index in [0.29, 0.717) is 31.7 Å². The third-order valence-corrected chi connectivity index (χ3v) is 5.81. The van der Waals surface area contributed by atoms with Crippen molar-refractivity contribution in [2.75, 3.05) is 26.2 Å². The summed E-state index contributed by atoms with van der Waals surface area (Å²) in [4.78, 5) is 16.8. The van der Waals surface area contributed by atoms with Gasteiger partial charge in [0.15, 0.2) is 0 Å². The third-order valence-electron chi connectivity index (χ3n) is 3.96. The lowest BCUT2D eigenvalue weighted by molar-refractivity contribution is 0.0698. The van der Waals surface area contributed by atoms with Crippen LogP contribution in [0, 0.1) is 0 Å². The molecule has 122 valence electrons. The minimum Gasteiger partial charge on any atom is -0.367 e. The number of amides is 1. The summed E-state index contributed by atoms with van der Waals surface area (Å²) in [5, 5.41) is 0. The van der Waals surface area contributed by atoms with E-state index in [0.717, 1.165) is 5.56 Å². The number of H-pyrrole nitrogens is 1. The lowest BCUT2D eigenvalue weighted by atomic mass is 10.2. The molecule has 1 aromatic heterocycles. The van der Waals surface area contributed by atoms with Crippen LogP contribution in [0.2, 0.25) is 0 Å². The molecular weight excluding hydrogens is 314 g/mol. The van der Waals surface area contributed by atoms with Crippen molar-refractivity contribution in [2.45, 2.75) is 5.75 Å². The van der Waals surface area contributed by atoms with Gasteiger partial charge in [-0.3, -0.25) is 4.79 Å². The Balaban J connectivity index is 1.61. The molecule has 1 aliphatic rings. The Hall–Kier alpha value is -2.12. The molecule has 0 bridgehead atoms. The maximum atomic E-state index is 12.5. The van der Waals surface area contributed by atoms with Gasteiger partial charge in [-0.1, -0.05) is 30.3 Å². The van der Waals surface area contributed by atoms with Crippen LogP contribution >= 0.6 is 0 Å². The van der Waals surface area contributed by atoms with Crippen molar-refractivity contribution in [3.63, 3.8) is 0 Å². The normalized spacial score (nSPS) is 16.4. The van der Waals surface area contributed by atoms with Gasteiger partial charge in [0.25, 0.3) is 5.91 Å². The number of sulfonamides is 1. The van der Waals surface area contributed by atoms with Gasteiger partial charge in [0.2, 0.25) is 10.0 Å². The van der Waals surface area contributed by atoms with Crippen LogP contribution in [-0.2, 0) is 15.8 Å². The molecule has 0 spiro atoms. The molecule has 7 heteroatoms. The van der Waals surface area contributed by atoms with Crippen LogP contribution in [0.3, 0.4) is 0 Å². The minimum atomic E-state index is -3.35. The molecule has 0 atom stereocenters. The summed E-state index contributed by atoms with van der Waals surface area (Å²) >= 11 is 0. The molecule has 1 fully saturated rings. The average molecular weight is 333 g/mol. The number of piperazine rings is 1. The monoisotopic (exact) mass is 333 g/mol. The Morgan fingerprint density at radius 2 is 1.74 bits per heavy atom. The Morgan fingerprint density at radius 3 is 2.35 bits per heavy atom. The maximum absolute atomic E-state index is 12.5. The number of aromatic nitrogens is 1. The smallest absolute Gasteiger partial charge is 0.255 e. The summed E-state index contributed by atoms with van der Waals surface area (Å²) in [5.41, 5.74) is 1.38. The molecule has 0 radical (unpaired) electrons. The SMILES string of the molecule is O=C(c1cc[nH]c1)N1CCN(S(=O)(=O)Cc2ccccc2)CC1. The fourth-order valence-corrected chi connectivity index (χ4v) is 4.20. The van der Waals surface area contributed by atoms with E-state index in [1.165, 1.54) is 4.31 Å². The molecule has 6 nitrogen and oxygen atoms in total. The first-order chi connectivity index (χ1) is 11.1. The van der Waals surface area contributed by atoms with E-state index >= 15 is 0 Å². The number of carbonyl (C=O) groups is 1.